The Morgan fingerprint density at radius 2 is 2.13 bits per heavy atom. The second-order valence-electron chi connectivity index (χ2n) is 6.21. The van der Waals surface area contributed by atoms with Gasteiger partial charge in [0.25, 0.3) is 5.56 Å². The summed E-state index contributed by atoms with van der Waals surface area (Å²) in [4.78, 5) is 15.0. The molecule has 0 amide bonds. The molecule has 0 spiro atoms. The minimum Gasteiger partial charge on any atom is -0.267 e. The summed E-state index contributed by atoms with van der Waals surface area (Å²) in [5.41, 5.74) is 2.25. The highest BCUT2D eigenvalue weighted by Gasteiger charge is 2.23. The zero-order valence-electron chi connectivity index (χ0n) is 12.8. The van der Waals surface area contributed by atoms with Gasteiger partial charge in [0, 0.05) is 9.35 Å². The summed E-state index contributed by atoms with van der Waals surface area (Å²) in [5.74, 6) is 0.688. The topological polar surface area (TPSA) is 47.8 Å². The normalized spacial score (nSPS) is 17.4. The number of aryl methyl sites for hydroxylation is 1. The third-order valence-electron chi connectivity index (χ3n) is 4.43. The molecule has 118 valence electrons. The Bertz CT molecular complexity index is 929. The van der Waals surface area contributed by atoms with Crippen LogP contribution in [0.15, 0.2) is 33.5 Å². The maximum Gasteiger partial charge on any atom is 0.279 e. The molecule has 4 nitrogen and oxygen atoms in total. The number of nitrogens with zero attached hydrogens (tertiary/aromatic N) is 3. The Hall–Kier alpha value is -1.53. The van der Waals surface area contributed by atoms with Crippen LogP contribution in [0.4, 0.5) is 0 Å². The van der Waals surface area contributed by atoms with Crippen LogP contribution >= 0.6 is 27.3 Å². The lowest BCUT2D eigenvalue weighted by Crippen LogP contribution is -2.25. The molecule has 0 bridgehead atoms. The van der Waals surface area contributed by atoms with Crippen LogP contribution in [0.5, 0.6) is 0 Å². The molecule has 0 N–H and O–H groups in total. The van der Waals surface area contributed by atoms with E-state index in [2.05, 4.69) is 33.2 Å². The van der Waals surface area contributed by atoms with E-state index >= 15 is 0 Å². The fraction of sp³-hybridized carbons (Fsp3) is 0.353. The van der Waals surface area contributed by atoms with Gasteiger partial charge in [-0.1, -0.05) is 40.2 Å². The van der Waals surface area contributed by atoms with E-state index in [4.69, 9.17) is 0 Å². The van der Waals surface area contributed by atoms with Gasteiger partial charge in [-0.05, 0) is 48.4 Å². The molecule has 0 saturated heterocycles. The highest BCUT2D eigenvalue weighted by atomic mass is 79.9. The summed E-state index contributed by atoms with van der Waals surface area (Å²) in [6.07, 6.45) is 3.19. The maximum atomic E-state index is 12.9. The zero-order chi connectivity index (χ0) is 16.0. The minimum atomic E-state index is -0.00929. The van der Waals surface area contributed by atoms with Crippen molar-refractivity contribution < 1.29 is 0 Å². The number of fused-ring (bicyclic) bond motifs is 3. The molecule has 1 aliphatic rings. The van der Waals surface area contributed by atoms with Crippen LogP contribution < -0.4 is 5.56 Å². The maximum absolute atomic E-state index is 12.9. The summed E-state index contributed by atoms with van der Waals surface area (Å²) in [6, 6.07) is 7.93. The molecule has 1 aromatic carbocycles. The van der Waals surface area contributed by atoms with Gasteiger partial charge in [0.2, 0.25) is 0 Å². The van der Waals surface area contributed by atoms with Gasteiger partial charge in [-0.15, -0.1) is 16.4 Å². The fourth-order valence-electron chi connectivity index (χ4n) is 3.16. The van der Waals surface area contributed by atoms with E-state index in [9.17, 15) is 4.79 Å². The molecule has 2 heterocycles. The van der Waals surface area contributed by atoms with Gasteiger partial charge in [0.15, 0.2) is 4.83 Å². The van der Waals surface area contributed by atoms with Crippen LogP contribution in [-0.4, -0.2) is 15.0 Å². The van der Waals surface area contributed by atoms with E-state index < -0.39 is 0 Å². The lowest BCUT2D eigenvalue weighted by Gasteiger charge is -2.17. The molecule has 23 heavy (non-hydrogen) atoms. The number of hydrogen-bond donors (Lipinski definition) is 0. The predicted molar refractivity (Wildman–Crippen MR) is 96.1 cm³/mol. The van der Waals surface area contributed by atoms with Crippen molar-refractivity contribution in [3.8, 4) is 0 Å². The second-order valence-corrected chi connectivity index (χ2v) is 8.21. The third-order valence-corrected chi connectivity index (χ3v) is 6.10. The Morgan fingerprint density at radius 3 is 2.91 bits per heavy atom. The van der Waals surface area contributed by atoms with Crippen LogP contribution in [0.25, 0.3) is 10.2 Å². The number of halogens is 1. The van der Waals surface area contributed by atoms with Crippen molar-refractivity contribution in [2.45, 2.75) is 32.7 Å². The molecule has 4 rings (SSSR count). The second kappa shape index (κ2) is 5.83. The summed E-state index contributed by atoms with van der Waals surface area (Å²) in [7, 11) is 0. The van der Waals surface area contributed by atoms with Crippen LogP contribution in [-0.2, 0) is 19.4 Å². The van der Waals surface area contributed by atoms with Crippen LogP contribution in [0.2, 0.25) is 0 Å². The molecule has 0 unspecified atom stereocenters. The molecular formula is C17H16BrN3OS. The largest absolute Gasteiger partial charge is 0.279 e. The Labute approximate surface area is 146 Å². The van der Waals surface area contributed by atoms with Gasteiger partial charge in [-0.2, -0.15) is 0 Å². The van der Waals surface area contributed by atoms with Crippen LogP contribution in [0.1, 0.15) is 29.3 Å². The molecule has 1 atom stereocenters. The smallest absolute Gasteiger partial charge is 0.267 e. The van der Waals surface area contributed by atoms with Crippen molar-refractivity contribution in [2.24, 2.45) is 5.92 Å². The van der Waals surface area contributed by atoms with E-state index in [0.717, 1.165) is 39.5 Å². The van der Waals surface area contributed by atoms with Gasteiger partial charge in [-0.3, -0.25) is 4.79 Å². The quantitative estimate of drug-likeness (QED) is 0.669. The fourth-order valence-corrected chi connectivity index (χ4v) is 4.74. The highest BCUT2D eigenvalue weighted by molar-refractivity contribution is 9.10. The summed E-state index contributed by atoms with van der Waals surface area (Å²) in [6.45, 7) is 2.72. The van der Waals surface area contributed by atoms with E-state index in [1.807, 2.05) is 24.3 Å². The molecular weight excluding hydrogens is 374 g/mol. The highest BCUT2D eigenvalue weighted by Crippen LogP contribution is 2.35. The van der Waals surface area contributed by atoms with Crippen LogP contribution in [0.3, 0.4) is 0 Å². The van der Waals surface area contributed by atoms with Gasteiger partial charge in [0.05, 0.1) is 11.9 Å². The first kappa shape index (κ1) is 15.0. The van der Waals surface area contributed by atoms with E-state index in [1.54, 1.807) is 11.3 Å². The lowest BCUT2D eigenvalue weighted by molar-refractivity contribution is 0.508. The molecule has 0 saturated carbocycles. The number of aromatic nitrogens is 3. The Kier molecular flexibility index (Phi) is 3.81. The Balaban J connectivity index is 1.78. The van der Waals surface area contributed by atoms with E-state index in [1.165, 1.54) is 15.1 Å². The average Bonchev–Trinajstić information content (AvgIpc) is 2.90. The van der Waals surface area contributed by atoms with Crippen molar-refractivity contribution in [2.75, 3.05) is 0 Å². The summed E-state index contributed by atoms with van der Waals surface area (Å²) in [5, 5.41) is 9.24. The van der Waals surface area contributed by atoms with Crippen molar-refractivity contribution in [3.63, 3.8) is 0 Å². The first-order valence-electron chi connectivity index (χ1n) is 7.74. The van der Waals surface area contributed by atoms with E-state index in [-0.39, 0.29) is 5.56 Å². The van der Waals surface area contributed by atoms with Crippen molar-refractivity contribution in [1.82, 2.24) is 15.0 Å². The minimum absolute atomic E-state index is 0.00929. The molecule has 0 fully saturated rings. The number of hydrogen-bond acceptors (Lipinski definition) is 4. The number of thiophene rings is 1. The molecule has 1 aliphatic carbocycles. The monoisotopic (exact) mass is 389 g/mol. The third kappa shape index (κ3) is 2.74. The molecule has 3 aromatic rings. The standard InChI is InChI=1S/C17H16BrN3OS/c1-10-2-7-13-14(8-10)23-16-15(13)17(22)21(20-19-16)9-11-3-5-12(18)6-4-11/h3-6,10H,2,7-9H2,1H3/t10-/m0/s1. The van der Waals surface area contributed by atoms with Gasteiger partial charge in [-0.25, -0.2) is 4.68 Å². The average molecular weight is 390 g/mol. The van der Waals surface area contributed by atoms with Crippen molar-refractivity contribution in [1.29, 1.82) is 0 Å². The predicted octanol–water partition coefficient (Wildman–Crippen LogP) is 3.79. The summed E-state index contributed by atoms with van der Waals surface area (Å²) < 4.78 is 2.51. The molecule has 0 aliphatic heterocycles. The molecule has 6 heteroatoms. The zero-order valence-corrected chi connectivity index (χ0v) is 15.2. The van der Waals surface area contributed by atoms with Gasteiger partial charge in [0.1, 0.15) is 0 Å². The SMILES string of the molecule is C[C@H]1CCc2c(sc3nnn(Cc4ccc(Br)cc4)c(=O)c23)C1. The van der Waals surface area contributed by atoms with Gasteiger partial charge >= 0.3 is 0 Å². The first-order valence-corrected chi connectivity index (χ1v) is 9.35. The molecule has 2 aromatic heterocycles. The number of rotatable bonds is 2. The van der Waals surface area contributed by atoms with E-state index in [0.29, 0.717) is 12.5 Å². The molecule has 0 radical (unpaired) electrons. The van der Waals surface area contributed by atoms with Crippen LogP contribution in [0, 0.1) is 5.92 Å². The number of benzene rings is 1. The van der Waals surface area contributed by atoms with Crippen molar-refractivity contribution >= 4 is 37.5 Å². The first-order chi connectivity index (χ1) is 11.1. The van der Waals surface area contributed by atoms with Gasteiger partial charge < -0.3 is 0 Å². The summed E-state index contributed by atoms with van der Waals surface area (Å²) >= 11 is 5.07. The van der Waals surface area contributed by atoms with Crippen molar-refractivity contribution in [3.05, 3.63) is 55.1 Å². The lowest BCUT2D eigenvalue weighted by atomic mass is 9.89. The Morgan fingerprint density at radius 1 is 1.35 bits per heavy atom.